The zero-order valence-corrected chi connectivity index (χ0v) is 21.8. The monoisotopic (exact) mass is 562 g/mol. The Morgan fingerprint density at radius 3 is 2.90 bits per heavy atom. The Morgan fingerprint density at radius 2 is 2.10 bits per heavy atom. The van der Waals surface area contributed by atoms with Gasteiger partial charge in [0.15, 0.2) is 11.4 Å². The van der Waals surface area contributed by atoms with E-state index in [1.54, 1.807) is 18.2 Å². The fourth-order valence-electron chi connectivity index (χ4n) is 5.29. The van der Waals surface area contributed by atoms with Crippen molar-refractivity contribution in [3.05, 3.63) is 35.1 Å². The largest absolute Gasteiger partial charge is 0.466 e. The number of benzene rings is 2. The molecule has 2 aromatic carbocycles. The van der Waals surface area contributed by atoms with Gasteiger partial charge in [-0.3, -0.25) is 0 Å². The molecule has 2 fully saturated rings. The van der Waals surface area contributed by atoms with Crippen LogP contribution in [0.2, 0.25) is 5.02 Å². The molecule has 0 spiro atoms. The summed E-state index contributed by atoms with van der Waals surface area (Å²) in [5.74, 6) is -3.72. The highest BCUT2D eigenvalue weighted by molar-refractivity contribution is 6.34. The predicted octanol–water partition coefficient (Wildman–Crippen LogP) is 4.45. The minimum atomic E-state index is -3.03. The topological polar surface area (TPSA) is 99.8 Å². The van der Waals surface area contributed by atoms with Crippen molar-refractivity contribution in [1.82, 2.24) is 25.2 Å². The first-order chi connectivity index (χ1) is 18.7. The molecule has 206 valence electrons. The minimum Gasteiger partial charge on any atom is -0.466 e. The lowest BCUT2D eigenvalue weighted by atomic mass is 10.0. The Balaban J connectivity index is 1.51. The molecule has 1 atom stereocenters. The second-order valence-electron chi connectivity index (χ2n) is 9.97. The summed E-state index contributed by atoms with van der Waals surface area (Å²) in [5.41, 5.74) is 0.553. The summed E-state index contributed by atoms with van der Waals surface area (Å²) < 4.78 is 56.8. The first-order valence-corrected chi connectivity index (χ1v) is 13.0. The first kappa shape index (κ1) is 25.9. The van der Waals surface area contributed by atoms with E-state index < -0.39 is 30.9 Å². The molecule has 0 bridgehead atoms. The highest BCUT2D eigenvalue weighted by Gasteiger charge is 2.35. The number of oxazole rings is 1. The average molecular weight is 563 g/mol. The molecule has 2 aliphatic rings. The van der Waals surface area contributed by atoms with E-state index in [0.717, 1.165) is 19.4 Å². The van der Waals surface area contributed by atoms with Crippen LogP contribution >= 0.6 is 11.6 Å². The Hall–Kier alpha value is -3.35. The average Bonchev–Trinajstić information content (AvgIpc) is 3.43. The van der Waals surface area contributed by atoms with Crippen LogP contribution in [0.3, 0.4) is 0 Å². The molecular formula is C26H26ClF3N6O3. The standard InChI is InChI=1S/C26H26ClF3N6O3/c1-35-8-3-4-14(35)11-38-24-33-21-16(23(34-24)36-9-7-31-12-26(29,30)13-36)10-17(27)19(20(21)28)15-5-2-6-18-22(15)39-25(37)32-18/h2,5-6,10,14,31H,3-4,7-9,11-13H2,1H3,(H,32,37)/t14-/m0/s1. The molecule has 9 nitrogen and oxygen atoms in total. The summed E-state index contributed by atoms with van der Waals surface area (Å²) in [4.78, 5) is 16.3. The summed E-state index contributed by atoms with van der Waals surface area (Å²) in [7, 11) is 2.00. The quantitative estimate of drug-likeness (QED) is 0.365. The van der Waals surface area contributed by atoms with Gasteiger partial charge in [0.1, 0.15) is 23.5 Å². The third-order valence-electron chi connectivity index (χ3n) is 7.26. The van der Waals surface area contributed by atoms with Gasteiger partial charge in [-0.05, 0) is 38.6 Å². The third-order valence-corrected chi connectivity index (χ3v) is 7.55. The van der Waals surface area contributed by atoms with Crippen LogP contribution < -0.4 is 15.0 Å². The molecule has 0 amide bonds. The Morgan fingerprint density at radius 1 is 1.26 bits per heavy atom. The highest BCUT2D eigenvalue weighted by atomic mass is 35.5. The van der Waals surface area contributed by atoms with Gasteiger partial charge >= 0.3 is 12.1 Å². The normalized spacial score (nSPS) is 20.1. The zero-order valence-electron chi connectivity index (χ0n) is 21.1. The van der Waals surface area contributed by atoms with Crippen LogP contribution in [0.4, 0.5) is 19.0 Å². The number of alkyl halides is 2. The number of ether oxygens (including phenoxy) is 1. The van der Waals surface area contributed by atoms with Gasteiger partial charge in [0.2, 0.25) is 0 Å². The number of aromatic nitrogens is 3. The summed E-state index contributed by atoms with van der Waals surface area (Å²) in [6.45, 7) is 0.621. The van der Waals surface area contributed by atoms with Crippen LogP contribution in [0, 0.1) is 5.82 Å². The molecule has 2 aliphatic heterocycles. The lowest BCUT2D eigenvalue weighted by molar-refractivity contribution is 0.0156. The maximum absolute atomic E-state index is 16.4. The van der Waals surface area contributed by atoms with E-state index in [1.807, 2.05) is 7.05 Å². The van der Waals surface area contributed by atoms with Crippen molar-refractivity contribution in [2.24, 2.45) is 0 Å². The van der Waals surface area contributed by atoms with E-state index in [4.69, 9.17) is 20.8 Å². The number of hydrogen-bond acceptors (Lipinski definition) is 9. The molecule has 0 radical (unpaired) electrons. The van der Waals surface area contributed by atoms with E-state index in [9.17, 15) is 13.9 Å². The van der Waals surface area contributed by atoms with Gasteiger partial charge in [0.25, 0.3) is 5.92 Å². The first-order valence-electron chi connectivity index (χ1n) is 12.7. The number of para-hydroxylation sites is 1. The number of halogens is 4. The predicted molar refractivity (Wildman–Crippen MR) is 140 cm³/mol. The molecule has 4 heterocycles. The van der Waals surface area contributed by atoms with Gasteiger partial charge < -0.3 is 29.4 Å². The van der Waals surface area contributed by atoms with Crippen molar-refractivity contribution in [3.8, 4) is 23.2 Å². The van der Waals surface area contributed by atoms with Gasteiger partial charge in [-0.2, -0.15) is 15.0 Å². The number of fused-ring (bicyclic) bond motifs is 2. The fraction of sp³-hybridized carbons (Fsp3) is 0.423. The number of anilines is 1. The molecule has 13 heteroatoms. The molecule has 0 aliphatic carbocycles. The Bertz CT molecular complexity index is 1550. The SMILES string of the molecule is CN1CCC[C@H]1COc1nc(N2CCNCC(F)(F)C2)c2cc(Cl)c(-c3cccc4nc(O)oc34)c(F)c2n1. The molecule has 2 aromatic heterocycles. The van der Waals surface area contributed by atoms with Crippen molar-refractivity contribution >= 4 is 39.4 Å². The molecular weight excluding hydrogens is 537 g/mol. The molecule has 39 heavy (non-hydrogen) atoms. The third kappa shape index (κ3) is 4.92. The van der Waals surface area contributed by atoms with Gasteiger partial charge in [-0.25, -0.2) is 13.2 Å². The summed E-state index contributed by atoms with van der Waals surface area (Å²) in [6.07, 6.45) is 1.40. The zero-order chi connectivity index (χ0) is 27.3. The van der Waals surface area contributed by atoms with Crippen molar-refractivity contribution in [2.75, 3.05) is 51.3 Å². The number of aromatic hydroxyl groups is 1. The molecule has 2 saturated heterocycles. The van der Waals surface area contributed by atoms with Crippen LogP contribution in [0.5, 0.6) is 12.1 Å². The van der Waals surface area contributed by atoms with Gasteiger partial charge in [0.05, 0.1) is 18.1 Å². The number of hydrogen-bond donors (Lipinski definition) is 2. The summed E-state index contributed by atoms with van der Waals surface area (Å²) in [5, 5.41) is 12.7. The Labute approximate surface area is 226 Å². The number of rotatable bonds is 5. The van der Waals surface area contributed by atoms with E-state index in [0.29, 0.717) is 5.52 Å². The lowest BCUT2D eigenvalue weighted by Crippen LogP contribution is -2.39. The molecule has 2 N–H and O–H groups in total. The smallest absolute Gasteiger partial charge is 0.392 e. The van der Waals surface area contributed by atoms with Crippen LogP contribution in [0.25, 0.3) is 33.1 Å². The summed E-state index contributed by atoms with van der Waals surface area (Å²) >= 11 is 6.62. The van der Waals surface area contributed by atoms with Crippen LogP contribution in [-0.4, -0.2) is 83.3 Å². The van der Waals surface area contributed by atoms with Crippen molar-refractivity contribution in [1.29, 1.82) is 0 Å². The molecule has 6 rings (SSSR count). The van der Waals surface area contributed by atoms with Crippen molar-refractivity contribution in [3.63, 3.8) is 0 Å². The van der Waals surface area contributed by atoms with Gasteiger partial charge in [0, 0.05) is 35.6 Å². The van der Waals surface area contributed by atoms with E-state index >= 15 is 4.39 Å². The fourth-order valence-corrected chi connectivity index (χ4v) is 5.58. The number of nitrogens with one attached hydrogen (secondary N) is 1. The van der Waals surface area contributed by atoms with Crippen molar-refractivity contribution < 1.29 is 27.4 Å². The van der Waals surface area contributed by atoms with Crippen LogP contribution in [0.1, 0.15) is 12.8 Å². The second-order valence-corrected chi connectivity index (χ2v) is 10.4. The summed E-state index contributed by atoms with van der Waals surface area (Å²) in [6, 6.07) is 6.31. The van der Waals surface area contributed by atoms with Gasteiger partial charge in [-0.15, -0.1) is 0 Å². The maximum atomic E-state index is 16.4. The van der Waals surface area contributed by atoms with Crippen LogP contribution in [-0.2, 0) is 0 Å². The number of nitrogens with zero attached hydrogens (tertiary/aromatic N) is 5. The molecule has 4 aromatic rings. The minimum absolute atomic E-state index is 0.00537. The van der Waals surface area contributed by atoms with Crippen LogP contribution in [0.15, 0.2) is 28.7 Å². The van der Waals surface area contributed by atoms with Crippen molar-refractivity contribution in [2.45, 2.75) is 24.8 Å². The Kier molecular flexibility index (Phi) is 6.64. The maximum Gasteiger partial charge on any atom is 0.392 e. The number of likely N-dealkylation sites (N-methyl/N-ethyl adjacent to an activating group) is 1. The number of likely N-dealkylation sites (tertiary alicyclic amines) is 1. The van der Waals surface area contributed by atoms with E-state index in [2.05, 4.69) is 25.2 Å². The lowest BCUT2D eigenvalue weighted by Gasteiger charge is -2.26. The second kappa shape index (κ2) is 10.00. The van der Waals surface area contributed by atoms with E-state index in [1.165, 1.54) is 11.0 Å². The van der Waals surface area contributed by atoms with Gasteiger partial charge in [-0.1, -0.05) is 23.7 Å². The highest BCUT2D eigenvalue weighted by Crippen LogP contribution is 2.42. The van der Waals surface area contributed by atoms with E-state index in [-0.39, 0.29) is 70.2 Å². The molecule has 0 unspecified atom stereocenters. The molecule has 0 saturated carbocycles.